The number of halogens is 2. The Balaban J connectivity index is 2.34. The Hall–Kier alpha value is 0.130. The van der Waals surface area contributed by atoms with E-state index in [1.165, 1.54) is 20.2 Å². The van der Waals surface area contributed by atoms with Gasteiger partial charge >= 0.3 is 0 Å². The van der Waals surface area contributed by atoms with Crippen LogP contribution >= 0.6 is 50.2 Å². The summed E-state index contributed by atoms with van der Waals surface area (Å²) in [7, 11) is 0. The van der Waals surface area contributed by atoms with Gasteiger partial charge in [-0.15, -0.1) is 22.7 Å². The second-order valence-corrected chi connectivity index (χ2v) is 8.37. The highest BCUT2D eigenvalue weighted by molar-refractivity contribution is 9.10. The van der Waals surface area contributed by atoms with Gasteiger partial charge < -0.3 is 5.32 Å². The molecule has 0 amide bonds. The second kappa shape index (κ2) is 6.72. The van der Waals surface area contributed by atoms with Crippen LogP contribution in [0.4, 0.5) is 0 Å². The number of thiophene rings is 2. The predicted molar refractivity (Wildman–Crippen MR) is 91.0 cm³/mol. The summed E-state index contributed by atoms with van der Waals surface area (Å²) < 4.78 is 1.81. The third-order valence-corrected chi connectivity index (χ3v) is 6.77. The minimum absolute atomic E-state index is 0.256. The molecule has 2 aromatic rings. The maximum atomic E-state index is 6.18. The molecule has 0 aliphatic carbocycles. The summed E-state index contributed by atoms with van der Waals surface area (Å²) in [4.78, 5) is 4.03. The molecule has 5 heteroatoms. The lowest BCUT2D eigenvalue weighted by Gasteiger charge is -2.15. The Kier molecular flexibility index (Phi) is 5.49. The molecule has 2 heterocycles. The molecule has 19 heavy (non-hydrogen) atoms. The normalized spacial score (nSPS) is 12.9. The first-order valence-corrected chi connectivity index (χ1v) is 9.08. The third-order valence-electron chi connectivity index (χ3n) is 3.02. The van der Waals surface area contributed by atoms with Crippen molar-refractivity contribution < 1.29 is 0 Å². The molecule has 0 saturated heterocycles. The number of nitrogens with one attached hydrogen (secondary N) is 1. The summed E-state index contributed by atoms with van der Waals surface area (Å²) in [6.07, 6.45) is 1.13. The first-order valence-electron chi connectivity index (χ1n) is 6.28. The van der Waals surface area contributed by atoms with Gasteiger partial charge in [0.2, 0.25) is 0 Å². The SMILES string of the molecule is CCCNC(c1cc(C)c(C)s1)c1cc(Br)c(Cl)s1. The van der Waals surface area contributed by atoms with E-state index >= 15 is 0 Å². The van der Waals surface area contributed by atoms with Crippen molar-refractivity contribution >= 4 is 50.2 Å². The fourth-order valence-electron chi connectivity index (χ4n) is 1.88. The lowest BCUT2D eigenvalue weighted by atomic mass is 10.1. The van der Waals surface area contributed by atoms with Crippen LogP contribution in [0.15, 0.2) is 16.6 Å². The summed E-state index contributed by atoms with van der Waals surface area (Å²) in [6, 6.07) is 4.67. The largest absolute Gasteiger partial charge is 0.305 e. The van der Waals surface area contributed by atoms with Crippen molar-refractivity contribution in [2.75, 3.05) is 6.54 Å². The first kappa shape index (κ1) is 15.5. The molecule has 1 nitrogen and oxygen atoms in total. The molecule has 0 aliphatic heterocycles. The van der Waals surface area contributed by atoms with Crippen LogP contribution in [-0.4, -0.2) is 6.54 Å². The van der Waals surface area contributed by atoms with Gasteiger partial charge in [-0.05, 0) is 60.4 Å². The van der Waals surface area contributed by atoms with Gasteiger partial charge in [-0.25, -0.2) is 0 Å². The van der Waals surface area contributed by atoms with E-state index in [9.17, 15) is 0 Å². The average Bonchev–Trinajstić information content (AvgIpc) is 2.85. The van der Waals surface area contributed by atoms with E-state index in [-0.39, 0.29) is 6.04 Å². The maximum Gasteiger partial charge on any atom is 0.107 e. The molecule has 1 unspecified atom stereocenters. The number of aryl methyl sites for hydroxylation is 2. The van der Waals surface area contributed by atoms with Gasteiger partial charge in [-0.3, -0.25) is 0 Å². The van der Waals surface area contributed by atoms with E-state index in [1.807, 2.05) is 11.3 Å². The van der Waals surface area contributed by atoms with Crippen molar-refractivity contribution in [3.63, 3.8) is 0 Å². The van der Waals surface area contributed by atoms with E-state index in [4.69, 9.17) is 11.6 Å². The number of hydrogen-bond acceptors (Lipinski definition) is 3. The molecule has 0 bridgehead atoms. The Labute approximate surface area is 136 Å². The predicted octanol–water partition coefficient (Wildman–Crippen LogP) is 5.93. The molecule has 2 rings (SSSR count). The van der Waals surface area contributed by atoms with Gasteiger partial charge in [-0.2, -0.15) is 0 Å². The summed E-state index contributed by atoms with van der Waals surface area (Å²) in [6.45, 7) is 7.54. The van der Waals surface area contributed by atoms with E-state index in [0.717, 1.165) is 21.8 Å². The van der Waals surface area contributed by atoms with Crippen LogP contribution in [0.25, 0.3) is 0 Å². The van der Waals surface area contributed by atoms with Crippen molar-refractivity contribution in [2.45, 2.75) is 33.2 Å². The van der Waals surface area contributed by atoms with Gasteiger partial charge in [0.05, 0.1) is 6.04 Å². The summed E-state index contributed by atoms with van der Waals surface area (Å²) in [5.41, 5.74) is 1.37. The second-order valence-electron chi connectivity index (χ2n) is 4.55. The number of hydrogen-bond donors (Lipinski definition) is 1. The molecule has 104 valence electrons. The van der Waals surface area contributed by atoms with Gasteiger partial charge in [0.15, 0.2) is 0 Å². The Morgan fingerprint density at radius 1 is 1.26 bits per heavy atom. The van der Waals surface area contributed by atoms with E-state index in [1.54, 1.807) is 11.3 Å². The summed E-state index contributed by atoms with van der Waals surface area (Å²) in [5.74, 6) is 0. The molecule has 0 radical (unpaired) electrons. The Bertz CT molecular complexity index is 477. The number of rotatable bonds is 5. The molecule has 0 aliphatic rings. The minimum Gasteiger partial charge on any atom is -0.305 e. The van der Waals surface area contributed by atoms with Crippen LogP contribution in [0.2, 0.25) is 4.34 Å². The summed E-state index contributed by atoms with van der Waals surface area (Å²) >= 11 is 13.2. The van der Waals surface area contributed by atoms with Crippen LogP contribution in [0.1, 0.15) is 39.6 Å². The fourth-order valence-corrected chi connectivity index (χ4v) is 4.92. The fraction of sp³-hybridized carbons (Fsp3) is 0.429. The van der Waals surface area contributed by atoms with Crippen molar-refractivity contribution in [2.24, 2.45) is 0 Å². The molecule has 0 fully saturated rings. The van der Waals surface area contributed by atoms with Crippen molar-refractivity contribution in [1.29, 1.82) is 0 Å². The molecule has 0 aromatic carbocycles. The Morgan fingerprint density at radius 2 is 1.95 bits per heavy atom. The summed E-state index contributed by atoms with van der Waals surface area (Å²) in [5, 5.41) is 3.62. The van der Waals surface area contributed by atoms with Crippen molar-refractivity contribution in [3.05, 3.63) is 41.1 Å². The lowest BCUT2D eigenvalue weighted by Crippen LogP contribution is -2.21. The molecular formula is C14H17BrClNS2. The van der Waals surface area contributed by atoms with Crippen LogP contribution in [0.3, 0.4) is 0 Å². The van der Waals surface area contributed by atoms with Crippen LogP contribution in [0, 0.1) is 13.8 Å². The lowest BCUT2D eigenvalue weighted by molar-refractivity contribution is 0.613. The molecular weight excluding hydrogens is 362 g/mol. The van der Waals surface area contributed by atoms with E-state index < -0.39 is 0 Å². The molecule has 1 N–H and O–H groups in total. The van der Waals surface area contributed by atoms with Gasteiger partial charge in [0, 0.05) is 19.1 Å². The van der Waals surface area contributed by atoms with Crippen molar-refractivity contribution in [1.82, 2.24) is 5.32 Å². The molecule has 0 spiro atoms. The van der Waals surface area contributed by atoms with Crippen LogP contribution < -0.4 is 5.32 Å². The Morgan fingerprint density at radius 3 is 2.42 bits per heavy atom. The van der Waals surface area contributed by atoms with Crippen LogP contribution in [0.5, 0.6) is 0 Å². The van der Waals surface area contributed by atoms with E-state index in [2.05, 4.69) is 54.2 Å². The van der Waals surface area contributed by atoms with Crippen molar-refractivity contribution in [3.8, 4) is 0 Å². The monoisotopic (exact) mass is 377 g/mol. The zero-order valence-electron chi connectivity index (χ0n) is 11.2. The van der Waals surface area contributed by atoms with Gasteiger partial charge in [-0.1, -0.05) is 18.5 Å². The highest BCUT2D eigenvalue weighted by atomic mass is 79.9. The topological polar surface area (TPSA) is 12.0 Å². The maximum absolute atomic E-state index is 6.18. The molecule has 0 saturated carbocycles. The smallest absolute Gasteiger partial charge is 0.107 e. The molecule has 2 aromatic heterocycles. The molecule has 1 atom stereocenters. The van der Waals surface area contributed by atoms with Gasteiger partial charge in [0.25, 0.3) is 0 Å². The average molecular weight is 379 g/mol. The first-order chi connectivity index (χ1) is 9.02. The standard InChI is InChI=1S/C14H17BrClNS2/c1-4-5-17-13(11-6-8(2)9(3)18-11)12-7-10(15)14(16)19-12/h6-7,13,17H,4-5H2,1-3H3. The zero-order valence-corrected chi connectivity index (χ0v) is 15.2. The minimum atomic E-state index is 0.256. The zero-order chi connectivity index (χ0) is 14.0. The highest BCUT2D eigenvalue weighted by Crippen LogP contribution is 2.39. The van der Waals surface area contributed by atoms with Crippen LogP contribution in [-0.2, 0) is 0 Å². The quantitative estimate of drug-likeness (QED) is 0.679. The van der Waals surface area contributed by atoms with Gasteiger partial charge in [0.1, 0.15) is 4.34 Å². The van der Waals surface area contributed by atoms with E-state index in [0.29, 0.717) is 0 Å². The third kappa shape index (κ3) is 3.61. The highest BCUT2D eigenvalue weighted by Gasteiger charge is 2.19.